The number of likely N-dealkylation sites (tertiary alicyclic amines) is 1. The lowest BCUT2D eigenvalue weighted by molar-refractivity contribution is -0.119. The largest absolute Gasteiger partial charge is 0.484 e. The van der Waals surface area contributed by atoms with Gasteiger partial charge in [0.2, 0.25) is 0 Å². The Bertz CT molecular complexity index is 685. The van der Waals surface area contributed by atoms with E-state index in [4.69, 9.17) is 10.5 Å². The maximum Gasteiger partial charge on any atom is 0.255 e. The Kier molecular flexibility index (Phi) is 10.2. The summed E-state index contributed by atoms with van der Waals surface area (Å²) in [4.78, 5) is 17.8. The number of nitrogens with one attached hydrogen (secondary N) is 1. The second-order valence-corrected chi connectivity index (χ2v) is 8.56. The topological polar surface area (TPSA) is 80.0 Å². The summed E-state index contributed by atoms with van der Waals surface area (Å²) in [5, 5.41) is 3.56. The van der Waals surface area contributed by atoms with Gasteiger partial charge in [-0.25, -0.2) is 0 Å². The minimum absolute atomic E-state index is 0. The van der Waals surface area contributed by atoms with Crippen molar-refractivity contribution < 1.29 is 9.53 Å². The van der Waals surface area contributed by atoms with Gasteiger partial charge in [-0.3, -0.25) is 9.79 Å². The number of rotatable bonds is 6. The lowest BCUT2D eigenvalue weighted by Gasteiger charge is -2.44. The Labute approximate surface area is 198 Å². The highest BCUT2D eigenvalue weighted by atomic mass is 127. The zero-order valence-corrected chi connectivity index (χ0v) is 20.5. The predicted molar refractivity (Wildman–Crippen MR) is 133 cm³/mol. The molecule has 0 atom stereocenters. The number of aliphatic imine (C=N–C) groups is 1. The highest BCUT2D eigenvalue weighted by Gasteiger charge is 2.36. The molecule has 168 valence electrons. The maximum absolute atomic E-state index is 10.8. The Morgan fingerprint density at radius 1 is 1.13 bits per heavy atom. The number of piperidine rings is 1. The van der Waals surface area contributed by atoms with E-state index < -0.39 is 5.91 Å². The quantitative estimate of drug-likeness (QED) is 0.335. The molecule has 3 N–H and O–H groups in total. The number of hydrogen-bond acceptors (Lipinski definition) is 3. The molecule has 1 aromatic carbocycles. The van der Waals surface area contributed by atoms with Gasteiger partial charge in [-0.1, -0.05) is 37.8 Å². The van der Waals surface area contributed by atoms with Crippen LogP contribution in [0, 0.1) is 5.41 Å². The minimum atomic E-state index is -0.465. The molecule has 1 saturated heterocycles. The fraction of sp³-hybridized carbons (Fsp3) is 0.652. The molecule has 1 heterocycles. The SMILES string of the molecule is CN=C(NCCc1ccc(OCC(N)=O)cc1)N1CCCC2(CCCCCC2)C1.I. The summed E-state index contributed by atoms with van der Waals surface area (Å²) in [6.45, 7) is 3.01. The first kappa shape index (κ1) is 24.8. The number of primary amides is 1. The molecule has 7 heteroatoms. The van der Waals surface area contributed by atoms with E-state index in [1.54, 1.807) is 0 Å². The molecule has 1 aliphatic carbocycles. The first-order chi connectivity index (χ1) is 14.1. The fourth-order valence-corrected chi connectivity index (χ4v) is 4.83. The standard InChI is InChI=1S/C23H36N4O2.HI/c1-25-22(27-16-6-14-23(18-27)12-4-2-3-5-13-23)26-15-11-19-7-9-20(10-8-19)29-17-21(24)28;/h7-10H,2-6,11-18H2,1H3,(H2,24,28)(H,25,26);1H. The average molecular weight is 528 g/mol. The second-order valence-electron chi connectivity index (χ2n) is 8.56. The lowest BCUT2D eigenvalue weighted by atomic mass is 9.74. The van der Waals surface area contributed by atoms with Gasteiger partial charge in [0.05, 0.1) is 0 Å². The third-order valence-corrected chi connectivity index (χ3v) is 6.34. The Morgan fingerprint density at radius 2 is 1.80 bits per heavy atom. The van der Waals surface area contributed by atoms with E-state index in [2.05, 4.69) is 15.2 Å². The molecule has 0 bridgehead atoms. The monoisotopic (exact) mass is 528 g/mol. The van der Waals surface area contributed by atoms with Crippen LogP contribution in [0.4, 0.5) is 0 Å². The molecule has 3 rings (SSSR count). The highest BCUT2D eigenvalue weighted by molar-refractivity contribution is 14.0. The molecule has 1 amide bonds. The van der Waals surface area contributed by atoms with Gasteiger partial charge < -0.3 is 20.7 Å². The van der Waals surface area contributed by atoms with Crippen LogP contribution in [-0.2, 0) is 11.2 Å². The van der Waals surface area contributed by atoms with Crippen molar-refractivity contribution in [1.29, 1.82) is 0 Å². The molecule has 1 spiro atoms. The van der Waals surface area contributed by atoms with Crippen molar-refractivity contribution in [3.05, 3.63) is 29.8 Å². The number of amides is 1. The van der Waals surface area contributed by atoms with Crippen LogP contribution < -0.4 is 15.8 Å². The summed E-state index contributed by atoms with van der Waals surface area (Å²) in [6.07, 6.45) is 11.9. The summed E-state index contributed by atoms with van der Waals surface area (Å²) in [6, 6.07) is 7.82. The van der Waals surface area contributed by atoms with Gasteiger partial charge >= 0.3 is 0 Å². The number of halogens is 1. The maximum atomic E-state index is 10.8. The third-order valence-electron chi connectivity index (χ3n) is 6.34. The average Bonchev–Trinajstić information content (AvgIpc) is 2.96. The van der Waals surface area contributed by atoms with E-state index in [0.717, 1.165) is 32.0 Å². The predicted octanol–water partition coefficient (Wildman–Crippen LogP) is 3.72. The van der Waals surface area contributed by atoms with Gasteiger partial charge in [0.25, 0.3) is 5.91 Å². The summed E-state index contributed by atoms with van der Waals surface area (Å²) < 4.78 is 5.31. The van der Waals surface area contributed by atoms with Gasteiger partial charge in [0.1, 0.15) is 5.75 Å². The Balaban J connectivity index is 0.00000320. The first-order valence-corrected chi connectivity index (χ1v) is 11.1. The van der Waals surface area contributed by atoms with E-state index >= 15 is 0 Å². The van der Waals surface area contributed by atoms with Crippen molar-refractivity contribution in [3.8, 4) is 5.75 Å². The summed E-state index contributed by atoms with van der Waals surface area (Å²) >= 11 is 0. The smallest absolute Gasteiger partial charge is 0.255 e. The summed E-state index contributed by atoms with van der Waals surface area (Å²) in [7, 11) is 1.89. The van der Waals surface area contributed by atoms with E-state index in [1.165, 1.54) is 56.9 Å². The fourth-order valence-electron chi connectivity index (χ4n) is 4.83. The molecule has 1 aromatic rings. The van der Waals surface area contributed by atoms with Crippen molar-refractivity contribution in [1.82, 2.24) is 10.2 Å². The van der Waals surface area contributed by atoms with E-state index in [9.17, 15) is 4.79 Å². The van der Waals surface area contributed by atoms with Crippen molar-refractivity contribution in [2.45, 2.75) is 57.8 Å². The van der Waals surface area contributed by atoms with Gasteiger partial charge in [0.15, 0.2) is 12.6 Å². The Hall–Kier alpha value is -1.51. The van der Waals surface area contributed by atoms with Crippen molar-refractivity contribution in [2.24, 2.45) is 16.1 Å². The number of nitrogens with zero attached hydrogens (tertiary/aromatic N) is 2. The van der Waals surface area contributed by atoms with Gasteiger partial charge in [-0.2, -0.15) is 0 Å². The molecule has 0 unspecified atom stereocenters. The molecule has 0 radical (unpaired) electrons. The number of carbonyl (C=O) groups excluding carboxylic acids is 1. The number of nitrogens with two attached hydrogens (primary N) is 1. The molecule has 0 aromatic heterocycles. The molecule has 1 saturated carbocycles. The van der Waals surface area contributed by atoms with Crippen LogP contribution >= 0.6 is 24.0 Å². The van der Waals surface area contributed by atoms with Crippen LogP contribution in [0.25, 0.3) is 0 Å². The zero-order valence-electron chi connectivity index (χ0n) is 18.2. The number of carbonyl (C=O) groups is 1. The van der Waals surface area contributed by atoms with Crippen LogP contribution in [0.3, 0.4) is 0 Å². The molecular weight excluding hydrogens is 491 g/mol. The van der Waals surface area contributed by atoms with Crippen LogP contribution in [0.5, 0.6) is 5.75 Å². The van der Waals surface area contributed by atoms with Crippen molar-refractivity contribution >= 4 is 35.8 Å². The van der Waals surface area contributed by atoms with Crippen LogP contribution in [0.1, 0.15) is 56.9 Å². The second kappa shape index (κ2) is 12.4. The van der Waals surface area contributed by atoms with Crippen LogP contribution in [-0.4, -0.2) is 50.1 Å². The van der Waals surface area contributed by atoms with E-state index in [0.29, 0.717) is 11.2 Å². The molecule has 2 aliphatic rings. The minimum Gasteiger partial charge on any atom is -0.484 e. The normalized spacial score (nSPS) is 19.0. The molecule has 6 nitrogen and oxygen atoms in total. The van der Waals surface area contributed by atoms with Gasteiger partial charge in [0, 0.05) is 26.7 Å². The lowest BCUT2D eigenvalue weighted by Crippen LogP contribution is -2.50. The molecule has 2 fully saturated rings. The van der Waals surface area contributed by atoms with Crippen molar-refractivity contribution in [2.75, 3.05) is 33.3 Å². The number of guanidine groups is 1. The third kappa shape index (κ3) is 7.32. The number of ether oxygens (including phenoxy) is 1. The highest BCUT2D eigenvalue weighted by Crippen LogP contribution is 2.42. The molecule has 1 aliphatic heterocycles. The van der Waals surface area contributed by atoms with Crippen LogP contribution in [0.2, 0.25) is 0 Å². The van der Waals surface area contributed by atoms with Crippen LogP contribution in [0.15, 0.2) is 29.3 Å². The molecular formula is C23H37IN4O2. The molecule has 30 heavy (non-hydrogen) atoms. The number of hydrogen-bond donors (Lipinski definition) is 2. The van der Waals surface area contributed by atoms with Crippen molar-refractivity contribution in [3.63, 3.8) is 0 Å². The summed E-state index contributed by atoms with van der Waals surface area (Å²) in [5.74, 6) is 1.24. The first-order valence-electron chi connectivity index (χ1n) is 11.1. The van der Waals surface area contributed by atoms with E-state index in [-0.39, 0.29) is 30.6 Å². The summed E-state index contributed by atoms with van der Waals surface area (Å²) in [5.41, 5.74) is 6.83. The number of benzene rings is 1. The Morgan fingerprint density at radius 3 is 2.43 bits per heavy atom. The van der Waals surface area contributed by atoms with Gasteiger partial charge in [-0.05, 0) is 55.2 Å². The van der Waals surface area contributed by atoms with Gasteiger partial charge in [-0.15, -0.1) is 24.0 Å². The zero-order chi connectivity index (χ0) is 20.5. The van der Waals surface area contributed by atoms with E-state index in [1.807, 2.05) is 31.3 Å².